The van der Waals surface area contributed by atoms with Crippen LogP contribution in [-0.4, -0.2) is 40.4 Å². The second-order valence-corrected chi connectivity index (χ2v) is 10.8. The van der Waals surface area contributed by atoms with Crippen LogP contribution in [-0.2, 0) is 21.2 Å². The summed E-state index contributed by atoms with van der Waals surface area (Å²) in [5.74, 6) is -0.756. The lowest BCUT2D eigenvalue weighted by Crippen LogP contribution is -2.48. The van der Waals surface area contributed by atoms with Crippen molar-refractivity contribution in [3.05, 3.63) is 120 Å². The summed E-state index contributed by atoms with van der Waals surface area (Å²) in [6.45, 7) is 0. The fraction of sp³-hybridized carbons (Fsp3) is 0.133. The van der Waals surface area contributed by atoms with Gasteiger partial charge in [-0.05, 0) is 72.3 Å². The van der Waals surface area contributed by atoms with E-state index >= 15 is 0 Å². The SMILES string of the molecule is COc1ccc(N(C)C(=O)[C@H](Cc2ccccc2)NC(=O)c2cccc(NNS(=O)(=O)c3ccc(F)cc3)c2)cc1. The van der Waals surface area contributed by atoms with Gasteiger partial charge in [0.15, 0.2) is 0 Å². The van der Waals surface area contributed by atoms with E-state index in [1.165, 1.54) is 11.0 Å². The number of likely N-dealkylation sites (N-methyl/N-ethyl adjacent to an activating group) is 1. The summed E-state index contributed by atoms with van der Waals surface area (Å²) < 4.78 is 43.4. The smallest absolute Gasteiger partial charge is 0.257 e. The van der Waals surface area contributed by atoms with Crippen molar-refractivity contribution >= 4 is 33.2 Å². The Morgan fingerprint density at radius 1 is 0.902 bits per heavy atom. The lowest BCUT2D eigenvalue weighted by Gasteiger charge is -2.25. The number of amides is 2. The Balaban J connectivity index is 1.50. The molecule has 0 aliphatic carbocycles. The van der Waals surface area contributed by atoms with Crippen LogP contribution in [0.3, 0.4) is 0 Å². The lowest BCUT2D eigenvalue weighted by atomic mass is 10.0. The average molecular weight is 577 g/mol. The molecule has 0 saturated heterocycles. The number of hydrazine groups is 1. The summed E-state index contributed by atoms with van der Waals surface area (Å²) >= 11 is 0. The third-order valence-electron chi connectivity index (χ3n) is 6.25. The molecule has 0 radical (unpaired) electrons. The number of hydrogen-bond acceptors (Lipinski definition) is 6. The highest BCUT2D eigenvalue weighted by Crippen LogP contribution is 2.20. The van der Waals surface area contributed by atoms with Crippen LogP contribution in [0.4, 0.5) is 15.8 Å². The zero-order chi connectivity index (χ0) is 29.4. The highest BCUT2D eigenvalue weighted by atomic mass is 32.2. The molecule has 0 fully saturated rings. The molecule has 4 rings (SSSR count). The van der Waals surface area contributed by atoms with Gasteiger partial charge in [0, 0.05) is 24.7 Å². The van der Waals surface area contributed by atoms with E-state index in [1.807, 2.05) is 30.3 Å². The second kappa shape index (κ2) is 13.1. The standard InChI is InChI=1S/C30H29FN4O5S/c1-35(25-13-15-26(40-2)16-14-25)30(37)28(19-21-7-4-3-5-8-21)32-29(36)22-9-6-10-24(20-22)33-34-41(38,39)27-17-11-23(31)12-18-27/h3-18,20,28,33-34H,19H2,1-2H3,(H,32,36)/t28-/m0/s1. The van der Waals surface area contributed by atoms with E-state index in [0.717, 1.165) is 29.8 Å². The summed E-state index contributed by atoms with van der Waals surface area (Å²) in [5.41, 5.74) is 4.53. The Hall–Kier alpha value is -4.74. The minimum Gasteiger partial charge on any atom is -0.497 e. The number of nitrogens with one attached hydrogen (secondary N) is 3. The second-order valence-electron chi connectivity index (χ2n) is 9.08. The molecule has 2 amide bonds. The van der Waals surface area contributed by atoms with Crippen LogP contribution in [0.5, 0.6) is 5.75 Å². The molecule has 0 spiro atoms. The van der Waals surface area contributed by atoms with Crippen molar-refractivity contribution in [1.29, 1.82) is 0 Å². The van der Waals surface area contributed by atoms with E-state index in [1.54, 1.807) is 56.6 Å². The minimum absolute atomic E-state index is 0.136. The summed E-state index contributed by atoms with van der Waals surface area (Å²) in [5, 5.41) is 2.83. The first-order valence-corrected chi connectivity index (χ1v) is 14.0. The van der Waals surface area contributed by atoms with Gasteiger partial charge < -0.3 is 20.4 Å². The number of nitrogens with zero attached hydrogens (tertiary/aromatic N) is 1. The van der Waals surface area contributed by atoms with Gasteiger partial charge in [0.2, 0.25) is 5.91 Å². The van der Waals surface area contributed by atoms with Gasteiger partial charge >= 0.3 is 0 Å². The average Bonchev–Trinajstić information content (AvgIpc) is 3.00. The summed E-state index contributed by atoms with van der Waals surface area (Å²) in [6.07, 6.45) is 0.251. The number of carbonyl (C=O) groups is 2. The summed E-state index contributed by atoms with van der Waals surface area (Å²) in [7, 11) is -0.813. The highest BCUT2D eigenvalue weighted by Gasteiger charge is 2.26. The van der Waals surface area contributed by atoms with E-state index in [4.69, 9.17) is 4.74 Å². The molecule has 3 N–H and O–H groups in total. The summed E-state index contributed by atoms with van der Waals surface area (Å²) in [4.78, 5) is 30.4. The Morgan fingerprint density at radius 2 is 1.59 bits per heavy atom. The first-order valence-electron chi connectivity index (χ1n) is 12.6. The Morgan fingerprint density at radius 3 is 2.24 bits per heavy atom. The van der Waals surface area contributed by atoms with E-state index in [0.29, 0.717) is 11.4 Å². The van der Waals surface area contributed by atoms with Crippen molar-refractivity contribution in [3.8, 4) is 5.75 Å². The molecule has 212 valence electrons. The molecule has 41 heavy (non-hydrogen) atoms. The van der Waals surface area contributed by atoms with Gasteiger partial charge in [0.05, 0.1) is 17.7 Å². The molecule has 0 aliphatic heterocycles. The first-order chi connectivity index (χ1) is 19.7. The summed E-state index contributed by atoms with van der Waals surface area (Å²) in [6, 6.07) is 25.9. The predicted octanol–water partition coefficient (Wildman–Crippen LogP) is 4.14. The van der Waals surface area contributed by atoms with Crippen LogP contribution >= 0.6 is 0 Å². The van der Waals surface area contributed by atoms with E-state index in [-0.39, 0.29) is 28.5 Å². The third kappa shape index (κ3) is 7.68. The highest BCUT2D eigenvalue weighted by molar-refractivity contribution is 7.89. The molecule has 0 saturated carbocycles. The fourth-order valence-electron chi connectivity index (χ4n) is 4.00. The number of carbonyl (C=O) groups excluding carboxylic acids is 2. The molecule has 0 aromatic heterocycles. The van der Waals surface area contributed by atoms with Gasteiger partial charge in [0.25, 0.3) is 15.9 Å². The normalized spacial score (nSPS) is 11.8. The maximum atomic E-state index is 13.6. The predicted molar refractivity (Wildman–Crippen MR) is 155 cm³/mol. The van der Waals surface area contributed by atoms with Gasteiger partial charge in [0.1, 0.15) is 17.6 Å². The molecular weight excluding hydrogens is 547 g/mol. The van der Waals surface area contributed by atoms with Gasteiger partial charge in [-0.15, -0.1) is 4.83 Å². The Kier molecular flexibility index (Phi) is 9.33. The molecule has 0 heterocycles. The maximum Gasteiger partial charge on any atom is 0.257 e. The number of sulfonamides is 1. The van der Waals surface area contributed by atoms with Crippen molar-refractivity contribution in [2.45, 2.75) is 17.4 Å². The fourth-order valence-corrected chi connectivity index (χ4v) is 4.86. The molecule has 4 aromatic carbocycles. The van der Waals surface area contributed by atoms with Crippen molar-refractivity contribution in [3.63, 3.8) is 0 Å². The lowest BCUT2D eigenvalue weighted by molar-refractivity contribution is -0.120. The van der Waals surface area contributed by atoms with Crippen LogP contribution in [0.2, 0.25) is 0 Å². The molecule has 1 atom stereocenters. The van der Waals surface area contributed by atoms with Gasteiger partial charge in [-0.1, -0.05) is 36.4 Å². The number of ether oxygens (including phenoxy) is 1. The van der Waals surface area contributed by atoms with E-state index in [2.05, 4.69) is 15.6 Å². The number of hydrogen-bond donors (Lipinski definition) is 3. The monoisotopic (exact) mass is 576 g/mol. The number of anilines is 2. The maximum absolute atomic E-state index is 13.6. The van der Waals surface area contributed by atoms with Gasteiger partial charge in [-0.25, -0.2) is 12.8 Å². The van der Waals surface area contributed by atoms with Gasteiger partial charge in [-0.3, -0.25) is 9.59 Å². The molecular formula is C30H29FN4O5S. The zero-order valence-electron chi connectivity index (χ0n) is 22.4. The number of rotatable bonds is 11. The number of halogens is 1. The molecule has 0 bridgehead atoms. The number of methoxy groups -OCH3 is 1. The Bertz CT molecular complexity index is 1600. The van der Waals surface area contributed by atoms with Crippen molar-refractivity contribution in [1.82, 2.24) is 10.1 Å². The molecule has 0 aliphatic rings. The molecule has 9 nitrogen and oxygen atoms in total. The van der Waals surface area contributed by atoms with Crippen LogP contribution in [0.25, 0.3) is 0 Å². The van der Waals surface area contributed by atoms with E-state index in [9.17, 15) is 22.4 Å². The van der Waals surface area contributed by atoms with Crippen LogP contribution in [0, 0.1) is 5.82 Å². The molecule has 4 aromatic rings. The van der Waals surface area contributed by atoms with Crippen LogP contribution in [0.15, 0.2) is 108 Å². The van der Waals surface area contributed by atoms with Crippen molar-refractivity contribution in [2.75, 3.05) is 24.5 Å². The van der Waals surface area contributed by atoms with Crippen molar-refractivity contribution in [2.24, 2.45) is 0 Å². The topological polar surface area (TPSA) is 117 Å². The minimum atomic E-state index is -4.00. The molecule has 0 unspecified atom stereocenters. The first kappa shape index (κ1) is 29.2. The molecule has 11 heteroatoms. The quantitative estimate of drug-likeness (QED) is 0.231. The third-order valence-corrected chi connectivity index (χ3v) is 7.52. The van der Waals surface area contributed by atoms with Gasteiger partial charge in [-0.2, -0.15) is 0 Å². The van der Waals surface area contributed by atoms with Crippen LogP contribution in [0.1, 0.15) is 15.9 Å². The van der Waals surface area contributed by atoms with Crippen LogP contribution < -0.4 is 25.2 Å². The Labute approximate surface area is 238 Å². The number of benzene rings is 4. The van der Waals surface area contributed by atoms with E-state index < -0.39 is 27.8 Å². The van der Waals surface area contributed by atoms with Crippen molar-refractivity contribution < 1.29 is 27.1 Å². The largest absolute Gasteiger partial charge is 0.497 e. The zero-order valence-corrected chi connectivity index (χ0v) is 23.2.